The Bertz CT molecular complexity index is 639. The number of carbonyl (C=O) groups excluding carboxylic acids is 1. The highest BCUT2D eigenvalue weighted by Gasteiger charge is 2.14. The molecule has 0 saturated carbocycles. The fraction of sp³-hybridized carbons (Fsp3) is 0.333. The molecular weight excluding hydrogens is 403 g/mol. The summed E-state index contributed by atoms with van der Waals surface area (Å²) in [5.74, 6) is 0.934. The van der Waals surface area contributed by atoms with Gasteiger partial charge in [0.15, 0.2) is 0 Å². The normalized spacial score (nSPS) is 12.0. The van der Waals surface area contributed by atoms with Crippen molar-refractivity contribution in [3.8, 4) is 0 Å². The molecule has 0 saturated heterocycles. The Kier molecular flexibility index (Phi) is 6.38. The molecule has 122 valence electrons. The highest BCUT2D eigenvalue weighted by molar-refractivity contribution is 14.1. The van der Waals surface area contributed by atoms with Crippen LogP contribution in [-0.2, 0) is 4.74 Å². The molecule has 5 heteroatoms. The molecule has 1 atom stereocenters. The first-order valence-electron chi connectivity index (χ1n) is 7.56. The van der Waals surface area contributed by atoms with Crippen molar-refractivity contribution in [3.05, 3.63) is 57.3 Å². The van der Waals surface area contributed by atoms with Crippen LogP contribution in [0.4, 0.5) is 5.82 Å². The monoisotopic (exact) mass is 424 g/mol. The molecule has 0 fully saturated rings. The Morgan fingerprint density at radius 2 is 1.91 bits per heavy atom. The van der Waals surface area contributed by atoms with Crippen molar-refractivity contribution in [1.29, 1.82) is 0 Å². The lowest BCUT2D eigenvalue weighted by Gasteiger charge is -2.22. The maximum atomic E-state index is 11.5. The molecule has 1 heterocycles. The number of benzene rings is 1. The van der Waals surface area contributed by atoms with Crippen LogP contribution in [0, 0.1) is 9.49 Å². The summed E-state index contributed by atoms with van der Waals surface area (Å²) in [6.45, 7) is 4.41. The predicted molar refractivity (Wildman–Crippen MR) is 101 cm³/mol. The Hall–Kier alpha value is -1.63. The number of carbonyl (C=O) groups is 1. The van der Waals surface area contributed by atoms with Gasteiger partial charge in [-0.05, 0) is 64.8 Å². The third kappa shape index (κ3) is 5.20. The summed E-state index contributed by atoms with van der Waals surface area (Å²) in [6.07, 6.45) is 2.54. The summed E-state index contributed by atoms with van der Waals surface area (Å²) in [7, 11) is 1.37. The second kappa shape index (κ2) is 8.29. The highest BCUT2D eigenvalue weighted by Crippen LogP contribution is 2.26. The SMILES string of the molecule is COC(=O)c1ccc(N[C@@H](CC(C)C)c2ccc(I)cc2)nc1. The maximum absolute atomic E-state index is 11.5. The maximum Gasteiger partial charge on any atom is 0.339 e. The van der Waals surface area contributed by atoms with Gasteiger partial charge < -0.3 is 10.1 Å². The summed E-state index contributed by atoms with van der Waals surface area (Å²) in [5.41, 5.74) is 1.69. The van der Waals surface area contributed by atoms with Gasteiger partial charge in [-0.2, -0.15) is 0 Å². The first-order chi connectivity index (χ1) is 11.0. The summed E-state index contributed by atoms with van der Waals surface area (Å²) in [6, 6.07) is 12.2. The van der Waals surface area contributed by atoms with Crippen molar-refractivity contribution in [1.82, 2.24) is 4.98 Å². The van der Waals surface area contributed by atoms with Gasteiger partial charge in [0.2, 0.25) is 0 Å². The number of hydrogen-bond acceptors (Lipinski definition) is 4. The molecule has 23 heavy (non-hydrogen) atoms. The van der Waals surface area contributed by atoms with E-state index in [4.69, 9.17) is 4.74 Å². The molecule has 1 aromatic heterocycles. The van der Waals surface area contributed by atoms with Crippen molar-refractivity contribution < 1.29 is 9.53 Å². The van der Waals surface area contributed by atoms with Gasteiger partial charge >= 0.3 is 5.97 Å². The van der Waals surface area contributed by atoms with E-state index in [2.05, 4.69) is 71.0 Å². The molecule has 0 bridgehead atoms. The van der Waals surface area contributed by atoms with Gasteiger partial charge in [0.1, 0.15) is 5.82 Å². The topological polar surface area (TPSA) is 51.2 Å². The molecule has 2 rings (SSSR count). The molecule has 0 aliphatic heterocycles. The first-order valence-corrected chi connectivity index (χ1v) is 8.64. The number of aromatic nitrogens is 1. The number of hydrogen-bond donors (Lipinski definition) is 1. The Morgan fingerprint density at radius 3 is 2.43 bits per heavy atom. The largest absolute Gasteiger partial charge is 0.465 e. The second-order valence-corrected chi connectivity index (χ2v) is 7.05. The predicted octanol–water partition coefficient (Wildman–Crippen LogP) is 4.67. The fourth-order valence-corrected chi connectivity index (χ4v) is 2.70. The molecule has 2 aromatic rings. The molecule has 0 aliphatic carbocycles. The van der Waals surface area contributed by atoms with Crippen LogP contribution in [0.5, 0.6) is 0 Å². The minimum atomic E-state index is -0.375. The van der Waals surface area contributed by atoms with Crippen LogP contribution in [0.1, 0.15) is 42.2 Å². The van der Waals surface area contributed by atoms with E-state index in [9.17, 15) is 4.79 Å². The molecule has 0 amide bonds. The molecular formula is C18H21IN2O2. The highest BCUT2D eigenvalue weighted by atomic mass is 127. The number of methoxy groups -OCH3 is 1. The van der Waals surface area contributed by atoms with E-state index in [1.54, 1.807) is 6.07 Å². The second-order valence-electron chi connectivity index (χ2n) is 5.80. The fourth-order valence-electron chi connectivity index (χ4n) is 2.34. The summed E-state index contributed by atoms with van der Waals surface area (Å²) >= 11 is 2.31. The number of ether oxygens (including phenoxy) is 1. The summed E-state index contributed by atoms with van der Waals surface area (Å²) < 4.78 is 5.91. The minimum Gasteiger partial charge on any atom is -0.465 e. The molecule has 0 spiro atoms. The standard InChI is InChI=1S/C18H21IN2O2/c1-12(2)10-16(13-4-7-15(19)8-5-13)21-17-9-6-14(11-20-17)18(22)23-3/h4-9,11-12,16H,10H2,1-3H3,(H,20,21)/t16-/m0/s1. The van der Waals surface area contributed by atoms with Gasteiger partial charge in [0.05, 0.1) is 18.7 Å². The Labute approximate surface area is 150 Å². The number of anilines is 1. The third-order valence-electron chi connectivity index (χ3n) is 3.49. The average molecular weight is 424 g/mol. The van der Waals surface area contributed by atoms with E-state index >= 15 is 0 Å². The summed E-state index contributed by atoms with van der Waals surface area (Å²) in [5, 5.41) is 3.46. The quantitative estimate of drug-likeness (QED) is 0.541. The first kappa shape index (κ1) is 17.7. The molecule has 0 radical (unpaired) electrons. The third-order valence-corrected chi connectivity index (χ3v) is 4.21. The number of halogens is 1. The van der Waals surface area contributed by atoms with Crippen LogP contribution in [-0.4, -0.2) is 18.1 Å². The van der Waals surface area contributed by atoms with E-state index < -0.39 is 0 Å². The molecule has 0 unspecified atom stereocenters. The van der Waals surface area contributed by atoms with Gasteiger partial charge in [0, 0.05) is 9.77 Å². The lowest BCUT2D eigenvalue weighted by atomic mass is 9.97. The van der Waals surface area contributed by atoms with Crippen LogP contribution in [0.3, 0.4) is 0 Å². The van der Waals surface area contributed by atoms with Crippen molar-refractivity contribution >= 4 is 34.4 Å². The van der Waals surface area contributed by atoms with Gasteiger partial charge in [0.25, 0.3) is 0 Å². The lowest BCUT2D eigenvalue weighted by molar-refractivity contribution is 0.0600. The smallest absolute Gasteiger partial charge is 0.339 e. The van der Waals surface area contributed by atoms with Gasteiger partial charge in [-0.1, -0.05) is 26.0 Å². The van der Waals surface area contributed by atoms with E-state index in [1.165, 1.54) is 22.4 Å². The van der Waals surface area contributed by atoms with Crippen LogP contribution < -0.4 is 5.32 Å². The zero-order valence-corrected chi connectivity index (χ0v) is 15.7. The van der Waals surface area contributed by atoms with E-state index in [0.717, 1.165) is 12.2 Å². The van der Waals surface area contributed by atoms with Crippen LogP contribution in [0.15, 0.2) is 42.6 Å². The number of esters is 1. The molecule has 1 aromatic carbocycles. The summed E-state index contributed by atoms with van der Waals surface area (Å²) in [4.78, 5) is 15.8. The van der Waals surface area contributed by atoms with Gasteiger partial charge in [-0.25, -0.2) is 9.78 Å². The van der Waals surface area contributed by atoms with Crippen LogP contribution >= 0.6 is 22.6 Å². The number of rotatable bonds is 6. The van der Waals surface area contributed by atoms with Crippen molar-refractivity contribution in [2.45, 2.75) is 26.3 Å². The molecule has 1 N–H and O–H groups in total. The van der Waals surface area contributed by atoms with Crippen molar-refractivity contribution in [2.24, 2.45) is 5.92 Å². The Morgan fingerprint density at radius 1 is 1.22 bits per heavy atom. The van der Waals surface area contributed by atoms with Gasteiger partial charge in [-0.15, -0.1) is 0 Å². The zero-order valence-electron chi connectivity index (χ0n) is 13.5. The van der Waals surface area contributed by atoms with E-state index in [0.29, 0.717) is 11.5 Å². The molecule has 0 aliphatic rings. The molecule has 4 nitrogen and oxygen atoms in total. The van der Waals surface area contributed by atoms with Gasteiger partial charge in [-0.3, -0.25) is 0 Å². The van der Waals surface area contributed by atoms with Crippen LogP contribution in [0.25, 0.3) is 0 Å². The van der Waals surface area contributed by atoms with Crippen molar-refractivity contribution in [2.75, 3.05) is 12.4 Å². The number of nitrogens with one attached hydrogen (secondary N) is 1. The number of nitrogens with zero attached hydrogens (tertiary/aromatic N) is 1. The van der Waals surface area contributed by atoms with Crippen LogP contribution in [0.2, 0.25) is 0 Å². The average Bonchev–Trinajstić information content (AvgIpc) is 2.54. The van der Waals surface area contributed by atoms with E-state index in [-0.39, 0.29) is 12.0 Å². The zero-order chi connectivity index (χ0) is 16.8. The lowest BCUT2D eigenvalue weighted by Crippen LogP contribution is -2.14. The Balaban J connectivity index is 2.17. The van der Waals surface area contributed by atoms with E-state index in [1.807, 2.05) is 6.07 Å². The van der Waals surface area contributed by atoms with Crippen molar-refractivity contribution in [3.63, 3.8) is 0 Å². The minimum absolute atomic E-state index is 0.184. The number of pyridine rings is 1.